The van der Waals surface area contributed by atoms with Crippen molar-refractivity contribution in [3.05, 3.63) is 29.2 Å². The molecule has 0 saturated carbocycles. The third-order valence-corrected chi connectivity index (χ3v) is 3.19. The number of hydrogen-bond acceptors (Lipinski definition) is 2. The van der Waals surface area contributed by atoms with Crippen molar-refractivity contribution >= 4 is 11.3 Å². The summed E-state index contributed by atoms with van der Waals surface area (Å²) < 4.78 is 2.17. The third kappa shape index (κ3) is 2.22. The highest BCUT2D eigenvalue weighted by molar-refractivity contribution is 5.57. The van der Waals surface area contributed by atoms with E-state index in [2.05, 4.69) is 39.0 Å². The maximum absolute atomic E-state index is 5.96. The maximum atomic E-state index is 5.96. The van der Waals surface area contributed by atoms with Crippen LogP contribution in [0.1, 0.15) is 50.6 Å². The van der Waals surface area contributed by atoms with Gasteiger partial charge in [0, 0.05) is 17.6 Å². The van der Waals surface area contributed by atoms with Crippen LogP contribution in [0, 0.1) is 12.8 Å². The van der Waals surface area contributed by atoms with E-state index >= 15 is 0 Å². The lowest BCUT2D eigenvalue weighted by Gasteiger charge is -2.10. The van der Waals surface area contributed by atoms with E-state index in [4.69, 9.17) is 10.7 Å². The van der Waals surface area contributed by atoms with Gasteiger partial charge in [0.2, 0.25) is 0 Å². The number of aromatic nitrogens is 2. The van der Waals surface area contributed by atoms with E-state index in [9.17, 15) is 0 Å². The summed E-state index contributed by atoms with van der Waals surface area (Å²) in [6.45, 7) is 11.0. The quantitative estimate of drug-likeness (QED) is 0.898. The van der Waals surface area contributed by atoms with Crippen molar-refractivity contribution in [2.24, 2.45) is 5.92 Å². The Hall–Kier alpha value is -1.51. The standard InChI is InChI=1S/C15H23N3/c1-9(2)6-13-14(10(3)4)18-8-12(16)7-11(5)15(18)17-13/h7-10H,6,16H2,1-5H3. The summed E-state index contributed by atoms with van der Waals surface area (Å²) in [4.78, 5) is 4.82. The van der Waals surface area contributed by atoms with Crippen molar-refractivity contribution in [2.75, 3.05) is 5.73 Å². The second kappa shape index (κ2) is 4.63. The third-order valence-electron chi connectivity index (χ3n) is 3.19. The van der Waals surface area contributed by atoms with Gasteiger partial charge in [0.25, 0.3) is 0 Å². The summed E-state index contributed by atoms with van der Waals surface area (Å²) in [5, 5.41) is 0. The van der Waals surface area contributed by atoms with E-state index in [1.807, 2.05) is 12.3 Å². The van der Waals surface area contributed by atoms with Gasteiger partial charge >= 0.3 is 0 Å². The molecule has 0 radical (unpaired) electrons. The molecule has 98 valence electrons. The van der Waals surface area contributed by atoms with E-state index in [0.717, 1.165) is 23.3 Å². The van der Waals surface area contributed by atoms with Crippen LogP contribution in [0.3, 0.4) is 0 Å². The number of imidazole rings is 1. The van der Waals surface area contributed by atoms with Gasteiger partial charge in [-0.15, -0.1) is 0 Å². The average Bonchev–Trinajstić information content (AvgIpc) is 2.54. The predicted molar refractivity (Wildman–Crippen MR) is 77.0 cm³/mol. The van der Waals surface area contributed by atoms with Crippen molar-refractivity contribution in [3.63, 3.8) is 0 Å². The second-order valence-corrected chi connectivity index (χ2v) is 5.85. The second-order valence-electron chi connectivity index (χ2n) is 5.85. The van der Waals surface area contributed by atoms with Crippen LogP contribution >= 0.6 is 0 Å². The Morgan fingerprint density at radius 3 is 2.50 bits per heavy atom. The molecule has 0 aliphatic heterocycles. The molecule has 2 heterocycles. The molecular formula is C15H23N3. The minimum Gasteiger partial charge on any atom is -0.398 e. The number of hydrogen-bond donors (Lipinski definition) is 1. The predicted octanol–water partition coefficient (Wildman–Crippen LogP) is 3.55. The largest absolute Gasteiger partial charge is 0.398 e. The number of rotatable bonds is 3. The lowest BCUT2D eigenvalue weighted by molar-refractivity contribution is 0.626. The van der Waals surface area contributed by atoms with Crippen LogP contribution in [0.2, 0.25) is 0 Å². The monoisotopic (exact) mass is 245 g/mol. The molecule has 2 aromatic heterocycles. The smallest absolute Gasteiger partial charge is 0.140 e. The summed E-state index contributed by atoms with van der Waals surface area (Å²) in [5.41, 5.74) is 11.5. The Morgan fingerprint density at radius 1 is 1.28 bits per heavy atom. The number of aryl methyl sites for hydroxylation is 1. The number of nitrogens with two attached hydrogens (primary N) is 1. The number of nitrogen functional groups attached to an aromatic ring is 1. The first-order chi connectivity index (χ1) is 8.40. The first kappa shape index (κ1) is 12.9. The van der Waals surface area contributed by atoms with Gasteiger partial charge in [-0.05, 0) is 36.8 Å². The molecule has 0 unspecified atom stereocenters. The van der Waals surface area contributed by atoms with Gasteiger partial charge in [0.05, 0.1) is 5.69 Å². The zero-order chi connectivity index (χ0) is 13.4. The van der Waals surface area contributed by atoms with E-state index in [1.165, 1.54) is 11.4 Å². The topological polar surface area (TPSA) is 43.3 Å². The van der Waals surface area contributed by atoms with Crippen LogP contribution in [0.4, 0.5) is 5.69 Å². The summed E-state index contributed by atoms with van der Waals surface area (Å²) >= 11 is 0. The number of fused-ring (bicyclic) bond motifs is 1. The molecule has 0 bridgehead atoms. The van der Waals surface area contributed by atoms with Crippen LogP contribution in [0.25, 0.3) is 5.65 Å². The summed E-state index contributed by atoms with van der Waals surface area (Å²) in [5.74, 6) is 1.07. The highest BCUT2D eigenvalue weighted by Gasteiger charge is 2.17. The van der Waals surface area contributed by atoms with Crippen molar-refractivity contribution in [1.82, 2.24) is 9.38 Å². The molecule has 3 heteroatoms. The first-order valence-corrected chi connectivity index (χ1v) is 6.67. The molecule has 2 aromatic rings. The molecule has 3 nitrogen and oxygen atoms in total. The van der Waals surface area contributed by atoms with Gasteiger partial charge in [0.1, 0.15) is 5.65 Å². The van der Waals surface area contributed by atoms with E-state index < -0.39 is 0 Å². The van der Waals surface area contributed by atoms with Gasteiger partial charge in [-0.3, -0.25) is 0 Å². The Morgan fingerprint density at radius 2 is 1.94 bits per heavy atom. The SMILES string of the molecule is Cc1cc(N)cn2c(C(C)C)c(CC(C)C)nc12. The molecule has 0 spiro atoms. The molecule has 0 aromatic carbocycles. The normalized spacial score (nSPS) is 11.9. The fraction of sp³-hybridized carbons (Fsp3) is 0.533. The van der Waals surface area contributed by atoms with Gasteiger partial charge in [-0.1, -0.05) is 27.7 Å². The molecule has 0 fully saturated rings. The molecule has 0 aliphatic rings. The lowest BCUT2D eigenvalue weighted by Crippen LogP contribution is -2.03. The molecule has 2 N–H and O–H groups in total. The van der Waals surface area contributed by atoms with E-state index in [-0.39, 0.29) is 0 Å². The number of anilines is 1. The minimum absolute atomic E-state index is 0.454. The minimum atomic E-state index is 0.454. The van der Waals surface area contributed by atoms with Crippen LogP contribution in [-0.2, 0) is 6.42 Å². The Bertz CT molecular complexity index is 565. The highest BCUT2D eigenvalue weighted by atomic mass is 15.0. The van der Waals surface area contributed by atoms with Gasteiger partial charge in [-0.25, -0.2) is 4.98 Å². The summed E-state index contributed by atoms with van der Waals surface area (Å²) in [6.07, 6.45) is 3.02. The lowest BCUT2D eigenvalue weighted by atomic mass is 10.0. The van der Waals surface area contributed by atoms with Crippen molar-refractivity contribution in [1.29, 1.82) is 0 Å². The van der Waals surface area contributed by atoms with Crippen LogP contribution in [0.5, 0.6) is 0 Å². The summed E-state index contributed by atoms with van der Waals surface area (Å²) in [6, 6.07) is 1.99. The Labute approximate surface area is 109 Å². The number of pyridine rings is 1. The van der Waals surface area contributed by atoms with Crippen molar-refractivity contribution in [3.8, 4) is 0 Å². The fourth-order valence-corrected chi connectivity index (χ4v) is 2.55. The average molecular weight is 245 g/mol. The highest BCUT2D eigenvalue weighted by Crippen LogP contribution is 2.26. The van der Waals surface area contributed by atoms with Crippen LogP contribution < -0.4 is 5.73 Å². The molecule has 0 amide bonds. The zero-order valence-corrected chi connectivity index (χ0v) is 12.0. The van der Waals surface area contributed by atoms with Gasteiger partial charge in [0.15, 0.2) is 0 Å². The molecule has 2 rings (SSSR count). The molecule has 0 atom stereocenters. The molecule has 0 saturated heterocycles. The molecule has 0 aliphatic carbocycles. The van der Waals surface area contributed by atoms with E-state index in [1.54, 1.807) is 0 Å². The van der Waals surface area contributed by atoms with E-state index in [0.29, 0.717) is 11.8 Å². The number of nitrogens with zero attached hydrogens (tertiary/aromatic N) is 2. The van der Waals surface area contributed by atoms with Crippen molar-refractivity contribution < 1.29 is 0 Å². The van der Waals surface area contributed by atoms with Crippen LogP contribution in [0.15, 0.2) is 12.3 Å². The Balaban J connectivity index is 2.71. The van der Waals surface area contributed by atoms with Gasteiger partial charge < -0.3 is 10.1 Å². The summed E-state index contributed by atoms with van der Waals surface area (Å²) in [7, 11) is 0. The van der Waals surface area contributed by atoms with Crippen molar-refractivity contribution in [2.45, 2.75) is 47.0 Å². The first-order valence-electron chi connectivity index (χ1n) is 6.67. The fourth-order valence-electron chi connectivity index (χ4n) is 2.55. The zero-order valence-electron chi connectivity index (χ0n) is 12.0. The molecule has 18 heavy (non-hydrogen) atoms. The molecular weight excluding hydrogens is 222 g/mol. The maximum Gasteiger partial charge on any atom is 0.140 e. The van der Waals surface area contributed by atoms with Gasteiger partial charge in [-0.2, -0.15) is 0 Å². The van der Waals surface area contributed by atoms with Crippen LogP contribution in [-0.4, -0.2) is 9.38 Å². The Kier molecular flexibility index (Phi) is 3.33.